The zero-order chi connectivity index (χ0) is 11.8. The predicted molar refractivity (Wildman–Crippen MR) is 57.9 cm³/mol. The first-order valence-corrected chi connectivity index (χ1v) is 5.51. The maximum atomic E-state index is 5.81. The third kappa shape index (κ3) is 4.26. The number of hydrogen-bond acceptors (Lipinski definition) is 6. The van der Waals surface area contributed by atoms with E-state index in [9.17, 15) is 0 Å². The molecule has 0 saturated heterocycles. The molecule has 0 amide bonds. The van der Waals surface area contributed by atoms with Crippen molar-refractivity contribution in [3.63, 3.8) is 0 Å². The molecule has 0 aromatic carbocycles. The summed E-state index contributed by atoms with van der Waals surface area (Å²) in [4.78, 5) is 4.17. The second kappa shape index (κ2) is 7.32. The van der Waals surface area contributed by atoms with E-state index in [0.29, 0.717) is 44.6 Å². The van der Waals surface area contributed by atoms with Gasteiger partial charge in [0, 0.05) is 13.2 Å². The van der Waals surface area contributed by atoms with Crippen molar-refractivity contribution >= 4 is 0 Å². The molecule has 6 heteroatoms. The van der Waals surface area contributed by atoms with Crippen molar-refractivity contribution < 1.29 is 14.0 Å². The van der Waals surface area contributed by atoms with Crippen molar-refractivity contribution in [2.24, 2.45) is 5.73 Å². The molecule has 6 nitrogen and oxygen atoms in total. The number of ether oxygens (including phenoxy) is 2. The third-order valence-electron chi connectivity index (χ3n) is 1.98. The Morgan fingerprint density at radius 1 is 1.31 bits per heavy atom. The zero-order valence-electron chi connectivity index (χ0n) is 9.81. The Bertz CT molecular complexity index is 291. The molecule has 92 valence electrons. The summed E-state index contributed by atoms with van der Waals surface area (Å²) in [7, 11) is 0. The van der Waals surface area contributed by atoms with Crippen molar-refractivity contribution in [1.82, 2.24) is 10.1 Å². The van der Waals surface area contributed by atoms with Gasteiger partial charge in [-0.15, -0.1) is 0 Å². The van der Waals surface area contributed by atoms with Gasteiger partial charge in [-0.2, -0.15) is 4.98 Å². The van der Waals surface area contributed by atoms with E-state index < -0.39 is 0 Å². The smallest absolute Gasteiger partial charge is 0.229 e. The van der Waals surface area contributed by atoms with Crippen LogP contribution in [0.15, 0.2) is 4.52 Å². The molecule has 0 spiro atoms. The SMILES string of the molecule is CCOCCc1nc(C(N)COCC)no1. The van der Waals surface area contributed by atoms with Gasteiger partial charge in [0.2, 0.25) is 5.89 Å². The van der Waals surface area contributed by atoms with Crippen LogP contribution in [0.25, 0.3) is 0 Å². The van der Waals surface area contributed by atoms with Crippen molar-refractivity contribution in [2.45, 2.75) is 26.3 Å². The van der Waals surface area contributed by atoms with Crippen molar-refractivity contribution in [3.8, 4) is 0 Å². The Kier molecular flexibility index (Phi) is 5.99. The zero-order valence-corrected chi connectivity index (χ0v) is 9.81. The van der Waals surface area contributed by atoms with Crippen molar-refractivity contribution in [2.75, 3.05) is 26.4 Å². The van der Waals surface area contributed by atoms with E-state index in [2.05, 4.69) is 10.1 Å². The Morgan fingerprint density at radius 2 is 2.06 bits per heavy atom. The van der Waals surface area contributed by atoms with Gasteiger partial charge < -0.3 is 19.7 Å². The molecule has 16 heavy (non-hydrogen) atoms. The standard InChI is InChI=1S/C10H19N3O3/c1-3-14-6-5-9-12-10(13-16-9)8(11)7-15-4-2/h8H,3-7,11H2,1-2H3. The van der Waals surface area contributed by atoms with Gasteiger partial charge in [-0.3, -0.25) is 0 Å². The number of nitrogens with two attached hydrogens (primary N) is 1. The average Bonchev–Trinajstić information content (AvgIpc) is 2.75. The highest BCUT2D eigenvalue weighted by Gasteiger charge is 2.13. The highest BCUT2D eigenvalue weighted by atomic mass is 16.5. The largest absolute Gasteiger partial charge is 0.381 e. The fourth-order valence-electron chi connectivity index (χ4n) is 1.14. The fourth-order valence-corrected chi connectivity index (χ4v) is 1.14. The van der Waals surface area contributed by atoms with E-state index >= 15 is 0 Å². The highest BCUT2D eigenvalue weighted by molar-refractivity contribution is 4.93. The van der Waals surface area contributed by atoms with Gasteiger partial charge in [0.15, 0.2) is 5.82 Å². The summed E-state index contributed by atoms with van der Waals surface area (Å²) in [6.07, 6.45) is 0.613. The molecule has 2 N–H and O–H groups in total. The molecule has 1 atom stereocenters. The van der Waals surface area contributed by atoms with Gasteiger partial charge in [-0.1, -0.05) is 5.16 Å². The molecule has 1 aromatic rings. The molecule has 0 aliphatic rings. The molecule has 1 heterocycles. The summed E-state index contributed by atoms with van der Waals surface area (Å²) < 4.78 is 15.4. The van der Waals surface area contributed by atoms with Crippen LogP contribution in [0.3, 0.4) is 0 Å². The summed E-state index contributed by atoms with van der Waals surface area (Å²) >= 11 is 0. The lowest BCUT2D eigenvalue weighted by Crippen LogP contribution is -2.18. The molecule has 0 fully saturated rings. The van der Waals surface area contributed by atoms with E-state index in [1.54, 1.807) is 0 Å². The number of aromatic nitrogens is 2. The quantitative estimate of drug-likeness (QED) is 0.660. The van der Waals surface area contributed by atoms with Crippen LogP contribution in [-0.2, 0) is 15.9 Å². The molecular formula is C10H19N3O3. The fraction of sp³-hybridized carbons (Fsp3) is 0.800. The topological polar surface area (TPSA) is 83.4 Å². The van der Waals surface area contributed by atoms with E-state index in [1.807, 2.05) is 13.8 Å². The van der Waals surface area contributed by atoms with E-state index in [1.165, 1.54) is 0 Å². The summed E-state index contributed by atoms with van der Waals surface area (Å²) in [6, 6.07) is -0.329. The van der Waals surface area contributed by atoms with Crippen LogP contribution in [-0.4, -0.2) is 36.6 Å². The predicted octanol–water partition coefficient (Wildman–Crippen LogP) is 0.685. The van der Waals surface area contributed by atoms with E-state index in [4.69, 9.17) is 19.7 Å². The van der Waals surface area contributed by atoms with Crippen LogP contribution in [0, 0.1) is 0 Å². The summed E-state index contributed by atoms with van der Waals surface area (Å²) in [6.45, 7) is 6.15. The minimum atomic E-state index is -0.329. The van der Waals surface area contributed by atoms with E-state index in [-0.39, 0.29) is 6.04 Å². The lowest BCUT2D eigenvalue weighted by Gasteiger charge is -2.05. The van der Waals surface area contributed by atoms with Crippen molar-refractivity contribution in [3.05, 3.63) is 11.7 Å². The molecule has 1 aromatic heterocycles. The van der Waals surface area contributed by atoms with Crippen LogP contribution < -0.4 is 5.73 Å². The Balaban J connectivity index is 2.37. The molecule has 1 unspecified atom stereocenters. The van der Waals surface area contributed by atoms with Crippen LogP contribution in [0.2, 0.25) is 0 Å². The molecule has 0 aliphatic heterocycles. The first kappa shape index (κ1) is 13.1. The monoisotopic (exact) mass is 229 g/mol. The van der Waals surface area contributed by atoms with Crippen LogP contribution >= 0.6 is 0 Å². The second-order valence-electron chi connectivity index (χ2n) is 3.26. The summed E-state index contributed by atoms with van der Waals surface area (Å²) in [5.41, 5.74) is 5.81. The Hall–Kier alpha value is -0.980. The van der Waals surface area contributed by atoms with Crippen LogP contribution in [0.5, 0.6) is 0 Å². The minimum absolute atomic E-state index is 0.329. The van der Waals surface area contributed by atoms with Crippen LogP contribution in [0.4, 0.5) is 0 Å². The third-order valence-corrected chi connectivity index (χ3v) is 1.98. The molecule has 0 aliphatic carbocycles. The summed E-state index contributed by atoms with van der Waals surface area (Å²) in [5, 5.41) is 3.80. The number of nitrogens with zero attached hydrogens (tertiary/aromatic N) is 2. The molecule has 0 saturated carbocycles. The maximum absolute atomic E-state index is 5.81. The first-order valence-electron chi connectivity index (χ1n) is 5.51. The first-order chi connectivity index (χ1) is 7.77. The lowest BCUT2D eigenvalue weighted by atomic mass is 10.3. The molecular weight excluding hydrogens is 210 g/mol. The van der Waals surface area contributed by atoms with Gasteiger partial charge in [0.25, 0.3) is 0 Å². The Morgan fingerprint density at radius 3 is 2.75 bits per heavy atom. The van der Waals surface area contributed by atoms with Crippen LogP contribution in [0.1, 0.15) is 31.6 Å². The van der Waals surface area contributed by atoms with Gasteiger partial charge >= 0.3 is 0 Å². The highest BCUT2D eigenvalue weighted by Crippen LogP contribution is 2.07. The van der Waals surface area contributed by atoms with Crippen molar-refractivity contribution in [1.29, 1.82) is 0 Å². The molecule has 0 bridgehead atoms. The lowest BCUT2D eigenvalue weighted by molar-refractivity contribution is 0.130. The number of rotatable bonds is 8. The molecule has 1 rings (SSSR count). The van der Waals surface area contributed by atoms with E-state index in [0.717, 1.165) is 0 Å². The number of hydrogen-bond donors (Lipinski definition) is 1. The van der Waals surface area contributed by atoms with Gasteiger partial charge in [-0.05, 0) is 13.8 Å². The average molecular weight is 229 g/mol. The van der Waals surface area contributed by atoms with Gasteiger partial charge in [-0.25, -0.2) is 0 Å². The normalized spacial score (nSPS) is 12.9. The molecule has 0 radical (unpaired) electrons. The van der Waals surface area contributed by atoms with Gasteiger partial charge in [0.05, 0.1) is 25.7 Å². The van der Waals surface area contributed by atoms with Gasteiger partial charge in [0.1, 0.15) is 0 Å². The summed E-state index contributed by atoms with van der Waals surface area (Å²) in [5.74, 6) is 1.04. The Labute approximate surface area is 95.1 Å². The minimum Gasteiger partial charge on any atom is -0.381 e. The second-order valence-corrected chi connectivity index (χ2v) is 3.26. The maximum Gasteiger partial charge on any atom is 0.229 e.